The molecular weight excluding hydrogens is 316 g/mol. The summed E-state index contributed by atoms with van der Waals surface area (Å²) in [5.74, 6) is 0.938. The van der Waals surface area contributed by atoms with E-state index in [2.05, 4.69) is 20.4 Å². The van der Waals surface area contributed by atoms with Crippen molar-refractivity contribution >= 4 is 17.5 Å². The van der Waals surface area contributed by atoms with Gasteiger partial charge in [-0.3, -0.25) is 14.7 Å². The maximum atomic E-state index is 12.1. The van der Waals surface area contributed by atoms with Gasteiger partial charge in [-0.2, -0.15) is 5.10 Å². The van der Waals surface area contributed by atoms with E-state index in [-0.39, 0.29) is 30.6 Å². The van der Waals surface area contributed by atoms with Gasteiger partial charge in [0.25, 0.3) is 0 Å². The molecule has 0 atom stereocenters. The smallest absolute Gasteiger partial charge is 0.220 e. The molecule has 2 aromatic rings. The molecule has 1 aromatic heterocycles. The third-order valence-corrected chi connectivity index (χ3v) is 4.55. The van der Waals surface area contributed by atoms with Gasteiger partial charge < -0.3 is 10.2 Å². The van der Waals surface area contributed by atoms with Crippen molar-refractivity contribution < 1.29 is 9.59 Å². The van der Waals surface area contributed by atoms with Crippen molar-refractivity contribution in [2.75, 3.05) is 18.0 Å². The standard InChI is InChI=1S/C19H24N4O2/c1-14-13-18(22-21-14)23-11-9-16(10-12-23)20-19(25)8-7-17(24)15-5-3-2-4-6-15/h2-6,13,16H,7-12H2,1H3,(H,20,25)(H,21,22). The van der Waals surface area contributed by atoms with Gasteiger partial charge in [-0.05, 0) is 19.8 Å². The number of carbonyl (C=O) groups is 2. The summed E-state index contributed by atoms with van der Waals surface area (Å²) in [6.07, 6.45) is 2.28. The van der Waals surface area contributed by atoms with Gasteiger partial charge in [0.1, 0.15) is 0 Å². The summed E-state index contributed by atoms with van der Waals surface area (Å²) in [6.45, 7) is 3.73. The second kappa shape index (κ2) is 7.96. The minimum absolute atomic E-state index is 0.0134. The fraction of sp³-hybridized carbons (Fsp3) is 0.421. The molecule has 6 nitrogen and oxygen atoms in total. The van der Waals surface area contributed by atoms with Crippen LogP contribution in [0.5, 0.6) is 0 Å². The zero-order chi connectivity index (χ0) is 17.6. The molecule has 0 radical (unpaired) electrons. The predicted molar refractivity (Wildman–Crippen MR) is 96.7 cm³/mol. The summed E-state index contributed by atoms with van der Waals surface area (Å²) in [5.41, 5.74) is 1.71. The Kier molecular flexibility index (Phi) is 5.48. The van der Waals surface area contributed by atoms with Crippen molar-refractivity contribution in [3.8, 4) is 0 Å². The number of nitrogens with one attached hydrogen (secondary N) is 2. The Balaban J connectivity index is 1.40. The zero-order valence-electron chi connectivity index (χ0n) is 14.5. The molecule has 1 aliphatic rings. The van der Waals surface area contributed by atoms with E-state index in [4.69, 9.17) is 0 Å². The molecule has 0 saturated carbocycles. The molecule has 0 bridgehead atoms. The molecule has 2 heterocycles. The van der Waals surface area contributed by atoms with Crippen molar-refractivity contribution in [2.24, 2.45) is 0 Å². The summed E-state index contributed by atoms with van der Waals surface area (Å²) in [7, 11) is 0. The number of ketones is 1. The lowest BCUT2D eigenvalue weighted by Crippen LogP contribution is -2.44. The lowest BCUT2D eigenvalue weighted by Gasteiger charge is -2.32. The van der Waals surface area contributed by atoms with Crippen LogP contribution in [0.15, 0.2) is 36.4 Å². The normalized spacial score (nSPS) is 15.2. The van der Waals surface area contributed by atoms with Gasteiger partial charge in [-0.1, -0.05) is 30.3 Å². The number of aryl methyl sites for hydroxylation is 1. The lowest BCUT2D eigenvalue weighted by atomic mass is 10.0. The molecule has 2 N–H and O–H groups in total. The number of nitrogens with zero attached hydrogens (tertiary/aromatic N) is 2. The van der Waals surface area contributed by atoms with Gasteiger partial charge in [-0.25, -0.2) is 0 Å². The fourth-order valence-corrected chi connectivity index (χ4v) is 3.11. The van der Waals surface area contributed by atoms with Crippen LogP contribution in [0, 0.1) is 6.92 Å². The van der Waals surface area contributed by atoms with Gasteiger partial charge >= 0.3 is 0 Å². The topological polar surface area (TPSA) is 78.1 Å². The number of hydrogen-bond donors (Lipinski definition) is 2. The molecule has 1 fully saturated rings. The SMILES string of the molecule is Cc1cc(N2CCC(NC(=O)CCC(=O)c3ccccc3)CC2)n[nH]1. The molecule has 1 aliphatic heterocycles. The molecule has 0 spiro atoms. The van der Waals surface area contributed by atoms with Gasteiger partial charge in [0.2, 0.25) is 5.91 Å². The summed E-state index contributed by atoms with van der Waals surface area (Å²) in [4.78, 5) is 26.4. The van der Waals surface area contributed by atoms with Crippen molar-refractivity contribution in [3.63, 3.8) is 0 Å². The van der Waals surface area contributed by atoms with Crippen molar-refractivity contribution in [3.05, 3.63) is 47.7 Å². The fourth-order valence-electron chi connectivity index (χ4n) is 3.11. The summed E-state index contributed by atoms with van der Waals surface area (Å²) in [5, 5.41) is 10.3. The van der Waals surface area contributed by atoms with Crippen LogP contribution in [0.1, 0.15) is 41.7 Å². The van der Waals surface area contributed by atoms with Crippen LogP contribution < -0.4 is 10.2 Å². The van der Waals surface area contributed by atoms with Gasteiger partial charge in [0, 0.05) is 49.3 Å². The monoisotopic (exact) mass is 340 g/mol. The number of anilines is 1. The van der Waals surface area contributed by atoms with E-state index in [1.54, 1.807) is 12.1 Å². The van der Waals surface area contributed by atoms with Crippen molar-refractivity contribution in [1.82, 2.24) is 15.5 Å². The van der Waals surface area contributed by atoms with E-state index >= 15 is 0 Å². The number of amides is 1. The largest absolute Gasteiger partial charge is 0.355 e. The highest BCUT2D eigenvalue weighted by Crippen LogP contribution is 2.18. The Morgan fingerprint density at radius 2 is 1.92 bits per heavy atom. The number of carbonyl (C=O) groups excluding carboxylic acids is 2. The minimum Gasteiger partial charge on any atom is -0.355 e. The molecule has 0 aliphatic carbocycles. The van der Waals surface area contributed by atoms with Crippen molar-refractivity contribution in [1.29, 1.82) is 0 Å². The molecular formula is C19H24N4O2. The van der Waals surface area contributed by atoms with Crippen LogP contribution in [-0.2, 0) is 4.79 Å². The summed E-state index contributed by atoms with van der Waals surface area (Å²) < 4.78 is 0. The number of hydrogen-bond acceptors (Lipinski definition) is 4. The van der Waals surface area contributed by atoms with Crippen LogP contribution in [0.25, 0.3) is 0 Å². The summed E-state index contributed by atoms with van der Waals surface area (Å²) in [6, 6.07) is 11.3. The Bertz CT molecular complexity index is 718. The van der Waals surface area contributed by atoms with E-state index in [1.807, 2.05) is 31.2 Å². The molecule has 132 valence electrons. The lowest BCUT2D eigenvalue weighted by molar-refractivity contribution is -0.121. The number of rotatable bonds is 6. The van der Waals surface area contributed by atoms with Gasteiger partial charge in [0.05, 0.1) is 0 Å². The Morgan fingerprint density at radius 3 is 2.56 bits per heavy atom. The number of H-pyrrole nitrogens is 1. The van der Waals surface area contributed by atoms with Gasteiger partial charge in [0.15, 0.2) is 11.6 Å². The van der Waals surface area contributed by atoms with Crippen LogP contribution >= 0.6 is 0 Å². The van der Waals surface area contributed by atoms with E-state index < -0.39 is 0 Å². The molecule has 0 unspecified atom stereocenters. The highest BCUT2D eigenvalue weighted by atomic mass is 16.2. The average Bonchev–Trinajstić information content (AvgIpc) is 3.07. The molecule has 1 saturated heterocycles. The highest BCUT2D eigenvalue weighted by molar-refractivity contribution is 5.97. The first-order valence-electron chi connectivity index (χ1n) is 8.76. The maximum Gasteiger partial charge on any atom is 0.220 e. The second-order valence-corrected chi connectivity index (χ2v) is 6.53. The number of aromatic amines is 1. The first-order chi connectivity index (χ1) is 12.1. The zero-order valence-corrected chi connectivity index (χ0v) is 14.5. The Hall–Kier alpha value is -2.63. The number of Topliss-reactive ketones (excluding diaryl/α,β-unsaturated/α-hetero) is 1. The van der Waals surface area contributed by atoms with E-state index in [0.717, 1.165) is 37.4 Å². The molecule has 1 aromatic carbocycles. The number of aromatic nitrogens is 2. The molecule has 25 heavy (non-hydrogen) atoms. The van der Waals surface area contributed by atoms with E-state index in [9.17, 15) is 9.59 Å². The summed E-state index contributed by atoms with van der Waals surface area (Å²) >= 11 is 0. The predicted octanol–water partition coefficient (Wildman–Crippen LogP) is 2.47. The Labute approximate surface area is 147 Å². The van der Waals surface area contributed by atoms with Gasteiger partial charge in [-0.15, -0.1) is 0 Å². The van der Waals surface area contributed by atoms with Crippen LogP contribution in [0.3, 0.4) is 0 Å². The third-order valence-electron chi connectivity index (χ3n) is 4.55. The quantitative estimate of drug-likeness (QED) is 0.792. The Morgan fingerprint density at radius 1 is 1.20 bits per heavy atom. The first-order valence-corrected chi connectivity index (χ1v) is 8.76. The van der Waals surface area contributed by atoms with E-state index in [0.29, 0.717) is 5.56 Å². The highest BCUT2D eigenvalue weighted by Gasteiger charge is 2.22. The van der Waals surface area contributed by atoms with Crippen LogP contribution in [0.4, 0.5) is 5.82 Å². The van der Waals surface area contributed by atoms with Crippen LogP contribution in [0.2, 0.25) is 0 Å². The molecule has 1 amide bonds. The average molecular weight is 340 g/mol. The molecule has 6 heteroatoms. The first kappa shape index (κ1) is 17.2. The minimum atomic E-state index is -0.0432. The van der Waals surface area contributed by atoms with Crippen LogP contribution in [-0.4, -0.2) is 41.0 Å². The number of piperidine rings is 1. The number of benzene rings is 1. The van der Waals surface area contributed by atoms with E-state index in [1.165, 1.54) is 0 Å². The second-order valence-electron chi connectivity index (χ2n) is 6.53. The third kappa shape index (κ3) is 4.68. The maximum absolute atomic E-state index is 12.1. The van der Waals surface area contributed by atoms with Crippen molar-refractivity contribution in [2.45, 2.75) is 38.6 Å². The molecule has 3 rings (SSSR count).